The molecule has 7 heteroatoms. The lowest BCUT2D eigenvalue weighted by molar-refractivity contribution is 0.280. The highest BCUT2D eigenvalue weighted by Gasteiger charge is 2.27. The van der Waals surface area contributed by atoms with Gasteiger partial charge in [0.25, 0.3) is 0 Å². The Balaban J connectivity index is 1.68. The summed E-state index contributed by atoms with van der Waals surface area (Å²) in [5.74, 6) is 0. The number of benzene rings is 2. The van der Waals surface area contributed by atoms with Gasteiger partial charge in [0.05, 0.1) is 29.1 Å². The molecule has 0 spiro atoms. The molecule has 1 aliphatic carbocycles. The van der Waals surface area contributed by atoms with Gasteiger partial charge in [-0.25, -0.2) is 0 Å². The van der Waals surface area contributed by atoms with Crippen LogP contribution in [0.1, 0.15) is 36.4 Å². The van der Waals surface area contributed by atoms with Crippen LogP contribution in [-0.4, -0.2) is 52.8 Å². The number of hydrogen-bond acceptors (Lipinski definition) is 5. The van der Waals surface area contributed by atoms with Gasteiger partial charge in [-0.15, -0.1) is 0 Å². The zero-order valence-corrected chi connectivity index (χ0v) is 18.8. The number of nitriles is 1. The van der Waals surface area contributed by atoms with Gasteiger partial charge in [-0.1, -0.05) is 6.07 Å². The van der Waals surface area contributed by atoms with Crippen LogP contribution in [-0.2, 0) is 6.61 Å². The van der Waals surface area contributed by atoms with E-state index in [-0.39, 0.29) is 12.0 Å². The lowest BCUT2D eigenvalue weighted by Crippen LogP contribution is -2.44. The van der Waals surface area contributed by atoms with E-state index in [2.05, 4.69) is 38.5 Å². The van der Waals surface area contributed by atoms with E-state index in [1.807, 2.05) is 18.2 Å². The van der Waals surface area contributed by atoms with Crippen LogP contribution in [0.25, 0.3) is 32.8 Å². The number of aliphatic hydroxyl groups excluding tert-OH is 1. The van der Waals surface area contributed by atoms with Crippen molar-refractivity contribution in [3.63, 3.8) is 0 Å². The molecule has 0 amide bonds. The summed E-state index contributed by atoms with van der Waals surface area (Å²) in [4.78, 5) is 21.9. The van der Waals surface area contributed by atoms with Crippen molar-refractivity contribution < 1.29 is 5.11 Å². The van der Waals surface area contributed by atoms with Crippen molar-refractivity contribution in [2.24, 2.45) is 0 Å². The highest BCUT2D eigenvalue weighted by atomic mass is 16.3. The molecule has 2 N–H and O–H groups in total. The van der Waals surface area contributed by atoms with Gasteiger partial charge in [-0.3, -0.25) is 4.79 Å². The zero-order chi connectivity index (χ0) is 22.7. The second kappa shape index (κ2) is 7.62. The number of nitrogens with one attached hydrogen (secondary N) is 1. The number of piperazine rings is 1. The van der Waals surface area contributed by atoms with Gasteiger partial charge in [-0.05, 0) is 50.6 Å². The fraction of sp³-hybridized carbons (Fsp3) is 0.385. The molecule has 0 radical (unpaired) electrons. The largest absolute Gasteiger partial charge is 0.392 e. The van der Waals surface area contributed by atoms with Gasteiger partial charge in [0, 0.05) is 59.8 Å². The van der Waals surface area contributed by atoms with Crippen LogP contribution in [0.5, 0.6) is 0 Å². The van der Waals surface area contributed by atoms with Crippen molar-refractivity contribution in [3.8, 4) is 6.07 Å². The molecule has 0 atom stereocenters. The Morgan fingerprint density at radius 3 is 2.58 bits per heavy atom. The lowest BCUT2D eigenvalue weighted by Gasteiger charge is -2.36. The van der Waals surface area contributed by atoms with Crippen LogP contribution in [0, 0.1) is 11.3 Å². The van der Waals surface area contributed by atoms with Crippen molar-refractivity contribution in [1.82, 2.24) is 14.5 Å². The third-order valence-electron chi connectivity index (χ3n) is 7.53. The van der Waals surface area contributed by atoms with Gasteiger partial charge < -0.3 is 24.5 Å². The fourth-order valence-corrected chi connectivity index (χ4v) is 5.41. The summed E-state index contributed by atoms with van der Waals surface area (Å²) >= 11 is 0. The number of nitrogens with zero attached hydrogens (tertiary/aromatic N) is 4. The van der Waals surface area contributed by atoms with E-state index in [1.54, 1.807) is 6.07 Å². The van der Waals surface area contributed by atoms with Gasteiger partial charge >= 0.3 is 0 Å². The molecule has 1 saturated carbocycles. The summed E-state index contributed by atoms with van der Waals surface area (Å²) < 4.78 is 2.31. The molecule has 1 aliphatic heterocycles. The number of aromatic amines is 1. The van der Waals surface area contributed by atoms with E-state index in [4.69, 9.17) is 0 Å². The van der Waals surface area contributed by atoms with Crippen molar-refractivity contribution in [2.45, 2.75) is 31.9 Å². The van der Waals surface area contributed by atoms with Crippen LogP contribution in [0.4, 0.5) is 5.69 Å². The van der Waals surface area contributed by atoms with Gasteiger partial charge in [0.1, 0.15) is 5.65 Å². The van der Waals surface area contributed by atoms with Crippen LogP contribution in [0.15, 0.2) is 35.1 Å². The number of pyridine rings is 1. The Kier molecular flexibility index (Phi) is 4.68. The molecule has 4 aromatic rings. The maximum Gasteiger partial charge on any atom is 0.199 e. The number of fused-ring (bicyclic) bond motifs is 4. The molecule has 0 unspecified atom stereocenters. The Hall–Kier alpha value is -3.34. The van der Waals surface area contributed by atoms with Crippen LogP contribution in [0.3, 0.4) is 0 Å². The second-order valence-corrected chi connectivity index (χ2v) is 9.45. The highest BCUT2D eigenvalue weighted by Crippen LogP contribution is 2.39. The third-order valence-corrected chi connectivity index (χ3v) is 7.53. The first kappa shape index (κ1) is 20.3. The molecule has 7 nitrogen and oxygen atoms in total. The first-order valence-corrected chi connectivity index (χ1v) is 11.7. The van der Waals surface area contributed by atoms with E-state index in [9.17, 15) is 15.2 Å². The smallest absolute Gasteiger partial charge is 0.199 e. The van der Waals surface area contributed by atoms with Gasteiger partial charge in [0.2, 0.25) is 0 Å². The number of aliphatic hydroxyl groups is 1. The van der Waals surface area contributed by atoms with Crippen molar-refractivity contribution in [3.05, 3.63) is 51.7 Å². The molecule has 2 aliphatic rings. The molecular formula is C26H27N5O2. The number of hydrogen-bond donors (Lipinski definition) is 2. The molecule has 2 aromatic carbocycles. The zero-order valence-electron chi connectivity index (χ0n) is 18.8. The SMILES string of the molecule is CN1CCN(c2cc3c(cc2CO)c(=O)c2c4ccc(C#N)cc4[nH]c2n3C2CCC2)CC1. The van der Waals surface area contributed by atoms with E-state index >= 15 is 0 Å². The summed E-state index contributed by atoms with van der Waals surface area (Å²) in [7, 11) is 2.13. The minimum absolute atomic E-state index is 0.0221. The van der Waals surface area contributed by atoms with E-state index in [0.29, 0.717) is 22.4 Å². The first-order chi connectivity index (χ1) is 16.1. The Labute approximate surface area is 191 Å². The topological polar surface area (TPSA) is 88.3 Å². The molecule has 2 aromatic heterocycles. The predicted octanol–water partition coefficient (Wildman–Crippen LogP) is 3.48. The quantitative estimate of drug-likeness (QED) is 0.508. The summed E-state index contributed by atoms with van der Waals surface area (Å²) in [6, 6.07) is 12.0. The molecule has 168 valence electrons. The normalized spacial score (nSPS) is 17.7. The van der Waals surface area contributed by atoms with Crippen LogP contribution < -0.4 is 10.3 Å². The number of rotatable bonds is 3. The molecule has 6 rings (SSSR count). The van der Waals surface area contributed by atoms with Crippen LogP contribution >= 0.6 is 0 Å². The average Bonchev–Trinajstić information content (AvgIpc) is 3.18. The average molecular weight is 442 g/mol. The summed E-state index contributed by atoms with van der Waals surface area (Å²) in [6.45, 7) is 3.64. The molecule has 33 heavy (non-hydrogen) atoms. The predicted molar refractivity (Wildman–Crippen MR) is 131 cm³/mol. The lowest BCUT2D eigenvalue weighted by atomic mass is 9.91. The molecule has 2 fully saturated rings. The number of likely N-dealkylation sites (N-methyl/N-ethyl adjacent to an activating group) is 1. The van der Waals surface area contributed by atoms with Crippen molar-refractivity contribution >= 4 is 38.5 Å². The molecule has 0 bridgehead atoms. The monoisotopic (exact) mass is 441 g/mol. The van der Waals surface area contributed by atoms with Crippen molar-refractivity contribution in [1.29, 1.82) is 5.26 Å². The summed E-state index contributed by atoms with van der Waals surface area (Å²) in [5.41, 5.74) is 4.94. The standard InChI is InChI=1S/C26H27N5O2/c1-29-7-9-30(10-8-29)22-13-23-20(12-17(22)15-32)25(33)24-19-6-5-16(14-27)11-21(19)28-26(24)31(23)18-3-2-4-18/h5-6,11-13,18,28,32H,2-4,7-10,15H2,1H3. The van der Waals surface area contributed by atoms with E-state index in [0.717, 1.165) is 72.3 Å². The summed E-state index contributed by atoms with van der Waals surface area (Å²) in [5, 5.41) is 21.7. The van der Waals surface area contributed by atoms with Gasteiger partial charge in [0.15, 0.2) is 5.43 Å². The minimum Gasteiger partial charge on any atom is -0.392 e. The number of anilines is 1. The number of aromatic nitrogens is 2. The summed E-state index contributed by atoms with van der Waals surface area (Å²) in [6.07, 6.45) is 3.34. The molecular weight excluding hydrogens is 414 g/mol. The maximum absolute atomic E-state index is 13.8. The Morgan fingerprint density at radius 2 is 1.91 bits per heavy atom. The molecule has 3 heterocycles. The number of H-pyrrole nitrogens is 1. The Bertz CT molecular complexity index is 1500. The first-order valence-electron chi connectivity index (χ1n) is 11.7. The highest BCUT2D eigenvalue weighted by molar-refractivity contribution is 6.10. The minimum atomic E-state index is -0.0993. The second-order valence-electron chi connectivity index (χ2n) is 9.45. The Morgan fingerprint density at radius 1 is 1.12 bits per heavy atom. The third kappa shape index (κ3) is 3.05. The molecule has 1 saturated heterocycles. The van der Waals surface area contributed by atoms with Gasteiger partial charge in [-0.2, -0.15) is 5.26 Å². The van der Waals surface area contributed by atoms with Crippen molar-refractivity contribution in [2.75, 3.05) is 38.1 Å². The van der Waals surface area contributed by atoms with Crippen LogP contribution in [0.2, 0.25) is 0 Å². The maximum atomic E-state index is 13.8. The van der Waals surface area contributed by atoms with E-state index in [1.165, 1.54) is 6.42 Å². The van der Waals surface area contributed by atoms with E-state index < -0.39 is 0 Å². The fourth-order valence-electron chi connectivity index (χ4n) is 5.41.